The van der Waals surface area contributed by atoms with Crippen LogP contribution in [0, 0.1) is 6.92 Å². The Hall–Kier alpha value is -2.41. The number of nitrogens with zero attached hydrogens (tertiary/aromatic N) is 5. The van der Waals surface area contributed by atoms with E-state index in [0.717, 1.165) is 25.1 Å². The molecule has 1 unspecified atom stereocenters. The van der Waals surface area contributed by atoms with Crippen LogP contribution in [0.25, 0.3) is 11.7 Å². The molecule has 1 saturated heterocycles. The summed E-state index contributed by atoms with van der Waals surface area (Å²) in [5.41, 5.74) is 1.000. The van der Waals surface area contributed by atoms with Crippen molar-refractivity contribution in [1.82, 2.24) is 24.9 Å². The van der Waals surface area contributed by atoms with Crippen LogP contribution in [0.3, 0.4) is 0 Å². The summed E-state index contributed by atoms with van der Waals surface area (Å²) >= 11 is 0. The maximum Gasteiger partial charge on any atom is 0.283 e. The van der Waals surface area contributed by atoms with E-state index in [9.17, 15) is 0 Å². The molecule has 24 heavy (non-hydrogen) atoms. The Morgan fingerprint density at radius 3 is 3.04 bits per heavy atom. The molecule has 0 amide bonds. The van der Waals surface area contributed by atoms with Crippen LogP contribution < -0.4 is 0 Å². The summed E-state index contributed by atoms with van der Waals surface area (Å²) in [6.45, 7) is 4.57. The number of aryl methyl sites for hydroxylation is 1. The highest BCUT2D eigenvalue weighted by Gasteiger charge is 2.25. The molecule has 3 aromatic rings. The molecular weight excluding hydrogens is 306 g/mol. The van der Waals surface area contributed by atoms with Crippen molar-refractivity contribution >= 4 is 0 Å². The maximum absolute atomic E-state index is 5.82. The summed E-state index contributed by atoms with van der Waals surface area (Å²) in [4.78, 5) is 2.41. The molecule has 0 saturated carbocycles. The smallest absolute Gasteiger partial charge is 0.283 e. The zero-order valence-electron chi connectivity index (χ0n) is 13.8. The first-order chi connectivity index (χ1) is 11.8. The zero-order chi connectivity index (χ0) is 16.4. The standard InChI is InChI=1S/C17H21N5O2/c1-13-6-10-23-16(13)17-20-19-15(24-17)12-21-8-3-2-5-14(21)11-22-9-4-7-18-22/h4,6-7,9-10,14H,2-3,5,8,11-12H2,1H3. The molecule has 0 radical (unpaired) electrons. The Morgan fingerprint density at radius 2 is 2.25 bits per heavy atom. The van der Waals surface area contributed by atoms with Crippen LogP contribution in [0.15, 0.2) is 39.6 Å². The fourth-order valence-electron chi connectivity index (χ4n) is 3.27. The van der Waals surface area contributed by atoms with E-state index in [2.05, 4.69) is 20.2 Å². The van der Waals surface area contributed by atoms with Gasteiger partial charge >= 0.3 is 0 Å². The molecule has 126 valence electrons. The van der Waals surface area contributed by atoms with E-state index in [1.807, 2.05) is 36.1 Å². The van der Waals surface area contributed by atoms with Crippen molar-refractivity contribution in [1.29, 1.82) is 0 Å². The second-order valence-electron chi connectivity index (χ2n) is 6.28. The minimum atomic E-state index is 0.444. The minimum absolute atomic E-state index is 0.444. The molecule has 0 aromatic carbocycles. The average Bonchev–Trinajstić information content (AvgIpc) is 3.31. The molecular formula is C17H21N5O2. The monoisotopic (exact) mass is 327 g/mol. The number of hydrogen-bond donors (Lipinski definition) is 0. The first-order valence-corrected chi connectivity index (χ1v) is 8.38. The van der Waals surface area contributed by atoms with Crippen LogP contribution in [-0.2, 0) is 13.1 Å². The molecule has 1 atom stereocenters. The maximum atomic E-state index is 5.82. The van der Waals surface area contributed by atoms with Gasteiger partial charge in [0.05, 0.1) is 19.4 Å². The third-order valence-electron chi connectivity index (χ3n) is 4.57. The van der Waals surface area contributed by atoms with Gasteiger partial charge in [0.1, 0.15) is 0 Å². The summed E-state index contributed by atoms with van der Waals surface area (Å²) < 4.78 is 13.2. The van der Waals surface area contributed by atoms with Crippen LogP contribution in [0.4, 0.5) is 0 Å². The molecule has 0 spiro atoms. The van der Waals surface area contributed by atoms with E-state index in [0.29, 0.717) is 30.1 Å². The summed E-state index contributed by atoms with van der Waals surface area (Å²) in [5, 5.41) is 12.7. The third kappa shape index (κ3) is 3.12. The average molecular weight is 327 g/mol. The number of likely N-dealkylation sites (tertiary alicyclic amines) is 1. The van der Waals surface area contributed by atoms with Gasteiger partial charge < -0.3 is 8.83 Å². The first-order valence-electron chi connectivity index (χ1n) is 8.38. The van der Waals surface area contributed by atoms with E-state index >= 15 is 0 Å². The van der Waals surface area contributed by atoms with Crippen LogP contribution in [-0.4, -0.2) is 37.5 Å². The van der Waals surface area contributed by atoms with Gasteiger partial charge in [-0.15, -0.1) is 10.2 Å². The molecule has 1 aliphatic rings. The lowest BCUT2D eigenvalue weighted by Gasteiger charge is -2.34. The molecule has 3 aromatic heterocycles. The van der Waals surface area contributed by atoms with Crippen molar-refractivity contribution in [2.24, 2.45) is 0 Å². The van der Waals surface area contributed by atoms with Crippen LogP contribution in [0.2, 0.25) is 0 Å². The normalized spacial score (nSPS) is 19.0. The summed E-state index contributed by atoms with van der Waals surface area (Å²) in [6.07, 6.45) is 9.09. The predicted molar refractivity (Wildman–Crippen MR) is 87.0 cm³/mol. The highest BCUT2D eigenvalue weighted by atomic mass is 16.4. The predicted octanol–water partition coefficient (Wildman–Crippen LogP) is 2.89. The lowest BCUT2D eigenvalue weighted by atomic mass is 10.0. The molecule has 0 bridgehead atoms. The van der Waals surface area contributed by atoms with Gasteiger partial charge in [0.15, 0.2) is 5.76 Å². The van der Waals surface area contributed by atoms with Gasteiger partial charge in [-0.25, -0.2) is 0 Å². The Labute approximate surface area is 140 Å². The number of furan rings is 1. The van der Waals surface area contributed by atoms with Crippen molar-refractivity contribution in [3.05, 3.63) is 42.2 Å². The molecule has 1 fully saturated rings. The van der Waals surface area contributed by atoms with E-state index in [1.165, 1.54) is 12.8 Å². The fourth-order valence-corrected chi connectivity index (χ4v) is 3.27. The van der Waals surface area contributed by atoms with Gasteiger partial charge in [-0.2, -0.15) is 5.10 Å². The Balaban J connectivity index is 1.47. The molecule has 7 heteroatoms. The highest BCUT2D eigenvalue weighted by molar-refractivity contribution is 5.49. The summed E-state index contributed by atoms with van der Waals surface area (Å²) in [5.74, 6) is 1.74. The fraction of sp³-hybridized carbons (Fsp3) is 0.471. The lowest BCUT2D eigenvalue weighted by Crippen LogP contribution is -2.41. The molecule has 0 N–H and O–H groups in total. The lowest BCUT2D eigenvalue weighted by molar-refractivity contribution is 0.111. The van der Waals surface area contributed by atoms with Crippen LogP contribution in [0.5, 0.6) is 0 Å². The third-order valence-corrected chi connectivity index (χ3v) is 4.57. The molecule has 4 heterocycles. The van der Waals surface area contributed by atoms with Crippen molar-refractivity contribution in [2.45, 2.75) is 45.3 Å². The Kier molecular flexibility index (Phi) is 4.17. The number of rotatable bonds is 5. The molecule has 7 nitrogen and oxygen atoms in total. The minimum Gasteiger partial charge on any atom is -0.459 e. The molecule has 0 aliphatic carbocycles. The van der Waals surface area contributed by atoms with Gasteiger partial charge in [-0.05, 0) is 38.4 Å². The van der Waals surface area contributed by atoms with Gasteiger partial charge in [0, 0.05) is 24.0 Å². The van der Waals surface area contributed by atoms with Crippen LogP contribution >= 0.6 is 0 Å². The van der Waals surface area contributed by atoms with Crippen molar-refractivity contribution in [2.75, 3.05) is 6.54 Å². The number of piperidine rings is 1. The van der Waals surface area contributed by atoms with E-state index < -0.39 is 0 Å². The SMILES string of the molecule is Cc1ccoc1-c1nnc(CN2CCCCC2Cn2cccn2)o1. The quantitative estimate of drug-likeness (QED) is 0.717. The van der Waals surface area contributed by atoms with E-state index in [1.54, 1.807) is 6.26 Å². The first kappa shape index (κ1) is 15.1. The van der Waals surface area contributed by atoms with E-state index in [4.69, 9.17) is 8.83 Å². The Bertz CT molecular complexity index is 777. The van der Waals surface area contributed by atoms with Gasteiger partial charge in [0.2, 0.25) is 5.89 Å². The summed E-state index contributed by atoms with van der Waals surface area (Å²) in [7, 11) is 0. The summed E-state index contributed by atoms with van der Waals surface area (Å²) in [6, 6.07) is 4.30. The molecule has 4 rings (SSSR count). The van der Waals surface area contributed by atoms with Gasteiger partial charge in [-0.3, -0.25) is 9.58 Å². The molecule has 1 aliphatic heterocycles. The highest BCUT2D eigenvalue weighted by Crippen LogP contribution is 2.25. The topological polar surface area (TPSA) is 73.1 Å². The second-order valence-corrected chi connectivity index (χ2v) is 6.28. The second kappa shape index (κ2) is 6.60. The van der Waals surface area contributed by atoms with Gasteiger partial charge in [-0.1, -0.05) is 6.42 Å². The zero-order valence-corrected chi connectivity index (χ0v) is 13.8. The number of hydrogen-bond acceptors (Lipinski definition) is 6. The largest absolute Gasteiger partial charge is 0.459 e. The van der Waals surface area contributed by atoms with Crippen molar-refractivity contribution in [3.8, 4) is 11.7 Å². The van der Waals surface area contributed by atoms with Crippen LogP contribution in [0.1, 0.15) is 30.7 Å². The van der Waals surface area contributed by atoms with Crippen molar-refractivity contribution < 1.29 is 8.83 Å². The van der Waals surface area contributed by atoms with Crippen molar-refractivity contribution in [3.63, 3.8) is 0 Å². The Morgan fingerprint density at radius 1 is 1.29 bits per heavy atom. The van der Waals surface area contributed by atoms with E-state index in [-0.39, 0.29) is 0 Å². The number of aromatic nitrogens is 4. The van der Waals surface area contributed by atoms with Gasteiger partial charge in [0.25, 0.3) is 5.89 Å².